The van der Waals surface area contributed by atoms with Crippen LogP contribution < -0.4 is 11.3 Å². The van der Waals surface area contributed by atoms with Crippen LogP contribution in [-0.2, 0) is 12.8 Å². The van der Waals surface area contributed by atoms with Gasteiger partial charge in [-0.25, -0.2) is 9.37 Å². The van der Waals surface area contributed by atoms with Gasteiger partial charge in [-0.1, -0.05) is 17.7 Å². The standard InChI is InChI=1S/C14H14ClFN4S/c15-13-6-10(16)2-1-9(13)5-11(19-17)7-12-8-20-3-4-21-14(20)18-12/h1-4,6,8,11,19H,5,7,17H2. The lowest BCUT2D eigenvalue weighted by molar-refractivity contribution is 0.518. The second kappa shape index (κ2) is 6.11. The third-order valence-electron chi connectivity index (χ3n) is 3.32. The minimum Gasteiger partial charge on any atom is -0.297 e. The van der Waals surface area contributed by atoms with Gasteiger partial charge in [-0.3, -0.25) is 15.7 Å². The third kappa shape index (κ3) is 3.24. The average Bonchev–Trinajstić information content (AvgIpc) is 3.01. The molecule has 0 radical (unpaired) electrons. The van der Waals surface area contributed by atoms with Crippen molar-refractivity contribution in [3.05, 3.63) is 58.1 Å². The second-order valence-electron chi connectivity index (χ2n) is 4.83. The van der Waals surface area contributed by atoms with Crippen LogP contribution in [0.5, 0.6) is 0 Å². The normalized spacial score (nSPS) is 12.9. The second-order valence-corrected chi connectivity index (χ2v) is 6.11. The Labute approximate surface area is 130 Å². The number of imidazole rings is 1. The monoisotopic (exact) mass is 324 g/mol. The lowest BCUT2D eigenvalue weighted by Crippen LogP contribution is -2.38. The molecule has 21 heavy (non-hydrogen) atoms. The Bertz CT molecular complexity index is 726. The van der Waals surface area contributed by atoms with Crippen LogP contribution in [0.4, 0.5) is 4.39 Å². The minimum atomic E-state index is -0.338. The Morgan fingerprint density at radius 1 is 1.43 bits per heavy atom. The van der Waals surface area contributed by atoms with Gasteiger partial charge in [0.05, 0.1) is 5.69 Å². The summed E-state index contributed by atoms with van der Waals surface area (Å²) in [4.78, 5) is 5.49. The van der Waals surface area contributed by atoms with Crippen molar-refractivity contribution in [1.82, 2.24) is 14.8 Å². The molecule has 2 aromatic heterocycles. The van der Waals surface area contributed by atoms with E-state index >= 15 is 0 Å². The Kier molecular flexibility index (Phi) is 4.21. The number of nitrogens with zero attached hydrogens (tertiary/aromatic N) is 2. The molecule has 3 aromatic rings. The van der Waals surface area contributed by atoms with E-state index in [0.29, 0.717) is 17.9 Å². The molecule has 3 rings (SSSR count). The van der Waals surface area contributed by atoms with E-state index in [1.165, 1.54) is 12.1 Å². The number of hydrazine groups is 1. The van der Waals surface area contributed by atoms with E-state index in [1.54, 1.807) is 17.4 Å². The first kappa shape index (κ1) is 14.5. The lowest BCUT2D eigenvalue weighted by Gasteiger charge is -2.15. The number of benzene rings is 1. The van der Waals surface area contributed by atoms with Crippen LogP contribution in [0.2, 0.25) is 5.02 Å². The van der Waals surface area contributed by atoms with Gasteiger partial charge in [0.2, 0.25) is 0 Å². The first-order chi connectivity index (χ1) is 10.2. The summed E-state index contributed by atoms with van der Waals surface area (Å²) in [7, 11) is 0. The topological polar surface area (TPSA) is 55.3 Å². The van der Waals surface area contributed by atoms with Crippen molar-refractivity contribution in [2.24, 2.45) is 5.84 Å². The van der Waals surface area contributed by atoms with Crippen LogP contribution in [-0.4, -0.2) is 15.4 Å². The molecule has 0 bridgehead atoms. The van der Waals surface area contributed by atoms with Crippen molar-refractivity contribution in [1.29, 1.82) is 0 Å². The summed E-state index contributed by atoms with van der Waals surface area (Å²) < 4.78 is 15.0. The molecule has 0 spiro atoms. The Morgan fingerprint density at radius 3 is 3.00 bits per heavy atom. The van der Waals surface area contributed by atoms with Crippen molar-refractivity contribution < 1.29 is 4.39 Å². The van der Waals surface area contributed by atoms with E-state index in [-0.39, 0.29) is 11.9 Å². The van der Waals surface area contributed by atoms with E-state index in [0.717, 1.165) is 16.2 Å². The van der Waals surface area contributed by atoms with E-state index in [2.05, 4.69) is 10.4 Å². The summed E-state index contributed by atoms with van der Waals surface area (Å²) in [5.41, 5.74) is 4.60. The van der Waals surface area contributed by atoms with Crippen LogP contribution >= 0.6 is 22.9 Å². The van der Waals surface area contributed by atoms with Gasteiger partial charge in [0.25, 0.3) is 0 Å². The number of hydrogen-bond donors (Lipinski definition) is 2. The molecule has 0 fully saturated rings. The van der Waals surface area contributed by atoms with Gasteiger partial charge in [0, 0.05) is 35.3 Å². The summed E-state index contributed by atoms with van der Waals surface area (Å²) in [6.45, 7) is 0. The molecule has 0 aliphatic rings. The predicted molar refractivity (Wildman–Crippen MR) is 83.0 cm³/mol. The van der Waals surface area contributed by atoms with Gasteiger partial charge in [-0.2, -0.15) is 0 Å². The van der Waals surface area contributed by atoms with E-state index in [9.17, 15) is 4.39 Å². The summed E-state index contributed by atoms with van der Waals surface area (Å²) in [6, 6.07) is 4.39. The summed E-state index contributed by atoms with van der Waals surface area (Å²) in [5.74, 6) is 5.28. The molecule has 0 amide bonds. The average molecular weight is 325 g/mol. The Balaban J connectivity index is 1.74. The number of nitrogens with one attached hydrogen (secondary N) is 1. The third-order valence-corrected chi connectivity index (χ3v) is 4.44. The maximum Gasteiger partial charge on any atom is 0.193 e. The maximum atomic E-state index is 13.1. The molecule has 1 atom stereocenters. The predicted octanol–water partition coefficient (Wildman–Crippen LogP) is 2.81. The molecule has 0 saturated carbocycles. The number of halogens is 2. The molecule has 0 saturated heterocycles. The van der Waals surface area contributed by atoms with Crippen LogP contribution in [0.1, 0.15) is 11.3 Å². The zero-order chi connectivity index (χ0) is 14.8. The Hall–Kier alpha value is -1.47. The van der Waals surface area contributed by atoms with Gasteiger partial charge >= 0.3 is 0 Å². The number of thiazole rings is 1. The highest BCUT2D eigenvalue weighted by molar-refractivity contribution is 7.15. The molecular weight excluding hydrogens is 311 g/mol. The van der Waals surface area contributed by atoms with E-state index in [1.807, 2.05) is 22.2 Å². The van der Waals surface area contributed by atoms with E-state index in [4.69, 9.17) is 17.4 Å². The van der Waals surface area contributed by atoms with Gasteiger partial charge < -0.3 is 0 Å². The van der Waals surface area contributed by atoms with Crippen molar-refractivity contribution in [2.75, 3.05) is 0 Å². The molecule has 7 heteroatoms. The molecule has 3 N–H and O–H groups in total. The van der Waals surface area contributed by atoms with Gasteiger partial charge in [-0.15, -0.1) is 11.3 Å². The van der Waals surface area contributed by atoms with Crippen LogP contribution in [0.15, 0.2) is 36.0 Å². The molecule has 1 aromatic carbocycles. The van der Waals surface area contributed by atoms with Crippen molar-refractivity contribution in [3.8, 4) is 0 Å². The largest absolute Gasteiger partial charge is 0.297 e. The summed E-state index contributed by atoms with van der Waals surface area (Å²) >= 11 is 7.64. The van der Waals surface area contributed by atoms with Crippen LogP contribution in [0.25, 0.3) is 4.96 Å². The fourth-order valence-electron chi connectivity index (χ4n) is 2.27. The number of hydrogen-bond acceptors (Lipinski definition) is 4. The van der Waals surface area contributed by atoms with Crippen molar-refractivity contribution >= 4 is 27.9 Å². The van der Waals surface area contributed by atoms with Gasteiger partial charge in [-0.05, 0) is 24.1 Å². The molecule has 0 aliphatic heterocycles. The number of aromatic nitrogens is 2. The van der Waals surface area contributed by atoms with E-state index < -0.39 is 0 Å². The zero-order valence-electron chi connectivity index (χ0n) is 11.1. The zero-order valence-corrected chi connectivity index (χ0v) is 12.7. The molecule has 4 nitrogen and oxygen atoms in total. The van der Waals surface area contributed by atoms with Gasteiger partial charge in [0.15, 0.2) is 4.96 Å². The highest BCUT2D eigenvalue weighted by Crippen LogP contribution is 2.20. The summed E-state index contributed by atoms with van der Waals surface area (Å²) in [5, 5.41) is 2.41. The lowest BCUT2D eigenvalue weighted by atomic mass is 10.0. The molecule has 2 heterocycles. The van der Waals surface area contributed by atoms with Crippen LogP contribution in [0.3, 0.4) is 0 Å². The molecular formula is C14H14ClFN4S. The van der Waals surface area contributed by atoms with Crippen LogP contribution in [0, 0.1) is 5.82 Å². The van der Waals surface area contributed by atoms with Gasteiger partial charge in [0.1, 0.15) is 5.82 Å². The summed E-state index contributed by atoms with van der Waals surface area (Å²) in [6.07, 6.45) is 5.25. The minimum absolute atomic E-state index is 0.0161. The smallest absolute Gasteiger partial charge is 0.193 e. The van der Waals surface area contributed by atoms with Crippen molar-refractivity contribution in [2.45, 2.75) is 18.9 Å². The molecule has 0 aliphatic carbocycles. The number of rotatable bonds is 5. The SMILES string of the molecule is NNC(Cc1cn2ccsc2n1)Cc1ccc(F)cc1Cl. The number of fused-ring (bicyclic) bond motifs is 1. The highest BCUT2D eigenvalue weighted by Gasteiger charge is 2.14. The fourth-order valence-corrected chi connectivity index (χ4v) is 3.23. The van der Waals surface area contributed by atoms with Crippen molar-refractivity contribution in [3.63, 3.8) is 0 Å². The fraction of sp³-hybridized carbons (Fsp3) is 0.214. The first-order valence-corrected chi connectivity index (χ1v) is 7.72. The quantitative estimate of drug-likeness (QED) is 0.560. The maximum absolute atomic E-state index is 13.1. The Morgan fingerprint density at radius 2 is 2.29 bits per heavy atom. The highest BCUT2D eigenvalue weighted by atomic mass is 35.5. The molecule has 1 unspecified atom stereocenters. The number of nitrogens with two attached hydrogens (primary N) is 1. The first-order valence-electron chi connectivity index (χ1n) is 6.47. The molecule has 110 valence electrons.